The molecule has 2 atom stereocenters. The van der Waals surface area contributed by atoms with Gasteiger partial charge in [0.1, 0.15) is 0 Å². The number of esters is 1. The lowest BCUT2D eigenvalue weighted by atomic mass is 10.2. The van der Waals surface area contributed by atoms with Crippen molar-refractivity contribution in [2.24, 2.45) is 0 Å². The number of halogens is 1. The van der Waals surface area contributed by atoms with Gasteiger partial charge in [-0.25, -0.2) is 0 Å². The van der Waals surface area contributed by atoms with E-state index in [1.165, 1.54) is 11.8 Å². The molecular weight excluding hydrogens is 380 g/mol. The Morgan fingerprint density at radius 1 is 1.46 bits per heavy atom. The first-order valence-electron chi connectivity index (χ1n) is 8.24. The molecule has 26 heavy (non-hydrogen) atoms. The smallest absolute Gasteiger partial charge is 0.307 e. The standard InChI is InChI=1S/C17H19ClN2O5S/c1-10-8-20(4-5-24-10)15(21)9-25-16(22)7-14-17(23)19-12-6-11(18)2-3-13(12)26-14/h2-3,6,10,14H,4-5,7-9H2,1H3,(H,19,23). The summed E-state index contributed by atoms with van der Waals surface area (Å²) in [5.41, 5.74) is 0.633. The quantitative estimate of drug-likeness (QED) is 0.780. The van der Waals surface area contributed by atoms with Crippen LogP contribution in [0.25, 0.3) is 0 Å². The van der Waals surface area contributed by atoms with E-state index in [4.69, 9.17) is 21.1 Å². The molecule has 1 aromatic carbocycles. The van der Waals surface area contributed by atoms with E-state index in [1.807, 2.05) is 6.92 Å². The van der Waals surface area contributed by atoms with Gasteiger partial charge in [0, 0.05) is 23.0 Å². The Labute approximate surface area is 160 Å². The van der Waals surface area contributed by atoms with Crippen LogP contribution in [0, 0.1) is 0 Å². The molecule has 0 aliphatic carbocycles. The average Bonchev–Trinajstić information content (AvgIpc) is 2.60. The van der Waals surface area contributed by atoms with Crippen LogP contribution in [0.15, 0.2) is 23.1 Å². The van der Waals surface area contributed by atoms with E-state index in [1.54, 1.807) is 23.1 Å². The van der Waals surface area contributed by atoms with Gasteiger partial charge in [0.15, 0.2) is 6.61 Å². The highest BCUT2D eigenvalue weighted by Gasteiger charge is 2.30. The molecule has 1 aromatic rings. The molecule has 1 N–H and O–H groups in total. The first-order valence-corrected chi connectivity index (χ1v) is 9.50. The summed E-state index contributed by atoms with van der Waals surface area (Å²) in [6.07, 6.45) is -0.134. The molecule has 2 amide bonds. The lowest BCUT2D eigenvalue weighted by Crippen LogP contribution is -2.46. The van der Waals surface area contributed by atoms with Gasteiger partial charge in [-0.1, -0.05) is 11.6 Å². The van der Waals surface area contributed by atoms with Crippen LogP contribution in [0.3, 0.4) is 0 Å². The van der Waals surface area contributed by atoms with Crippen molar-refractivity contribution < 1.29 is 23.9 Å². The van der Waals surface area contributed by atoms with Gasteiger partial charge >= 0.3 is 5.97 Å². The Bertz CT molecular complexity index is 729. The number of carbonyl (C=O) groups excluding carboxylic acids is 3. The number of hydrogen-bond acceptors (Lipinski definition) is 6. The number of carbonyl (C=O) groups is 3. The largest absolute Gasteiger partial charge is 0.456 e. The average molecular weight is 399 g/mol. The van der Waals surface area contributed by atoms with Crippen LogP contribution >= 0.6 is 23.4 Å². The van der Waals surface area contributed by atoms with Gasteiger partial charge in [-0.15, -0.1) is 11.8 Å². The van der Waals surface area contributed by atoms with Crippen LogP contribution in [0.1, 0.15) is 13.3 Å². The van der Waals surface area contributed by atoms with Gasteiger partial charge in [-0.05, 0) is 25.1 Å². The molecule has 0 saturated carbocycles. The molecule has 3 rings (SSSR count). The number of fused-ring (bicyclic) bond motifs is 1. The molecule has 2 aliphatic rings. The molecule has 7 nitrogen and oxygen atoms in total. The summed E-state index contributed by atoms with van der Waals surface area (Å²) in [5, 5.41) is 2.66. The molecule has 0 aromatic heterocycles. The fourth-order valence-electron chi connectivity index (χ4n) is 2.75. The number of nitrogens with one attached hydrogen (secondary N) is 1. The Balaban J connectivity index is 1.49. The lowest BCUT2D eigenvalue weighted by molar-refractivity contribution is -0.155. The summed E-state index contributed by atoms with van der Waals surface area (Å²) in [5.74, 6) is -1.12. The molecule has 2 aliphatic heterocycles. The van der Waals surface area contributed by atoms with Gasteiger partial charge in [0.05, 0.1) is 30.1 Å². The predicted octanol–water partition coefficient (Wildman–Crippen LogP) is 1.93. The molecule has 9 heteroatoms. The van der Waals surface area contributed by atoms with Crippen LogP contribution < -0.4 is 5.32 Å². The third-order valence-electron chi connectivity index (χ3n) is 4.06. The number of nitrogens with zero attached hydrogens (tertiary/aromatic N) is 1. The number of benzene rings is 1. The normalized spacial score (nSPS) is 22.4. The number of hydrogen-bond donors (Lipinski definition) is 1. The third-order valence-corrected chi connectivity index (χ3v) is 5.57. The van der Waals surface area contributed by atoms with Crippen molar-refractivity contribution >= 4 is 46.8 Å². The van der Waals surface area contributed by atoms with Crippen LogP contribution in [0.4, 0.5) is 5.69 Å². The van der Waals surface area contributed by atoms with Crippen LogP contribution in [0.5, 0.6) is 0 Å². The van der Waals surface area contributed by atoms with E-state index in [0.29, 0.717) is 30.4 Å². The molecule has 1 saturated heterocycles. The molecular formula is C17H19ClN2O5S. The third kappa shape index (κ3) is 4.69. The molecule has 0 radical (unpaired) electrons. The minimum absolute atomic E-state index is 0.0284. The van der Waals surface area contributed by atoms with Crippen molar-refractivity contribution in [2.45, 2.75) is 29.6 Å². The molecule has 0 bridgehead atoms. The monoisotopic (exact) mass is 398 g/mol. The highest BCUT2D eigenvalue weighted by atomic mass is 35.5. The van der Waals surface area contributed by atoms with Crippen molar-refractivity contribution in [3.63, 3.8) is 0 Å². The summed E-state index contributed by atoms with van der Waals surface area (Å²) < 4.78 is 10.4. The first-order chi connectivity index (χ1) is 12.4. The molecule has 2 heterocycles. The van der Waals surface area contributed by atoms with Crippen molar-refractivity contribution in [3.05, 3.63) is 23.2 Å². The number of rotatable bonds is 4. The predicted molar refractivity (Wildman–Crippen MR) is 97.3 cm³/mol. The minimum atomic E-state index is -0.602. The van der Waals surface area contributed by atoms with Gasteiger partial charge in [-0.3, -0.25) is 14.4 Å². The zero-order valence-electron chi connectivity index (χ0n) is 14.2. The maximum Gasteiger partial charge on any atom is 0.307 e. The Kier molecular flexibility index (Phi) is 6.05. The van der Waals surface area contributed by atoms with Gasteiger partial charge < -0.3 is 19.7 Å². The second kappa shape index (κ2) is 8.28. The van der Waals surface area contributed by atoms with E-state index in [-0.39, 0.29) is 30.9 Å². The number of anilines is 1. The topological polar surface area (TPSA) is 84.9 Å². The molecule has 0 spiro atoms. The first kappa shape index (κ1) is 19.0. The fourth-order valence-corrected chi connectivity index (χ4v) is 3.99. The highest BCUT2D eigenvalue weighted by Crippen LogP contribution is 2.38. The number of amides is 2. The van der Waals surface area contributed by atoms with Crippen LogP contribution in [-0.2, 0) is 23.9 Å². The lowest BCUT2D eigenvalue weighted by Gasteiger charge is -2.31. The van der Waals surface area contributed by atoms with Crippen molar-refractivity contribution in [2.75, 3.05) is 31.6 Å². The summed E-state index contributed by atoms with van der Waals surface area (Å²) in [4.78, 5) is 38.7. The maximum absolute atomic E-state index is 12.2. The summed E-state index contributed by atoms with van der Waals surface area (Å²) >= 11 is 7.19. The Hall–Kier alpha value is -1.77. The van der Waals surface area contributed by atoms with E-state index in [9.17, 15) is 14.4 Å². The minimum Gasteiger partial charge on any atom is -0.456 e. The van der Waals surface area contributed by atoms with Crippen molar-refractivity contribution in [1.82, 2.24) is 4.90 Å². The molecule has 140 valence electrons. The van der Waals surface area contributed by atoms with Crippen LogP contribution in [0.2, 0.25) is 5.02 Å². The zero-order valence-corrected chi connectivity index (χ0v) is 15.8. The Morgan fingerprint density at radius 3 is 3.04 bits per heavy atom. The van der Waals surface area contributed by atoms with Crippen molar-refractivity contribution in [1.29, 1.82) is 0 Å². The summed E-state index contributed by atoms with van der Waals surface area (Å²) in [7, 11) is 0. The van der Waals surface area contributed by atoms with E-state index in [2.05, 4.69) is 5.32 Å². The van der Waals surface area contributed by atoms with E-state index in [0.717, 1.165) is 4.90 Å². The van der Waals surface area contributed by atoms with E-state index < -0.39 is 11.2 Å². The van der Waals surface area contributed by atoms with Gasteiger partial charge in [-0.2, -0.15) is 0 Å². The zero-order chi connectivity index (χ0) is 18.7. The Morgan fingerprint density at radius 2 is 2.27 bits per heavy atom. The SMILES string of the molecule is CC1CN(C(=O)COC(=O)CC2Sc3ccc(Cl)cc3NC2=O)CCO1. The second-order valence-corrected chi connectivity index (χ2v) is 7.80. The number of ether oxygens (including phenoxy) is 2. The van der Waals surface area contributed by atoms with Crippen molar-refractivity contribution in [3.8, 4) is 0 Å². The number of morpholine rings is 1. The highest BCUT2D eigenvalue weighted by molar-refractivity contribution is 8.01. The maximum atomic E-state index is 12.2. The van der Waals surface area contributed by atoms with Gasteiger partial charge in [0.25, 0.3) is 5.91 Å². The molecule has 2 unspecified atom stereocenters. The number of thioether (sulfide) groups is 1. The second-order valence-electron chi connectivity index (χ2n) is 6.12. The van der Waals surface area contributed by atoms with Gasteiger partial charge in [0.2, 0.25) is 5.91 Å². The van der Waals surface area contributed by atoms with E-state index >= 15 is 0 Å². The fraction of sp³-hybridized carbons (Fsp3) is 0.471. The summed E-state index contributed by atoms with van der Waals surface area (Å²) in [6, 6.07) is 5.18. The molecule has 1 fully saturated rings. The van der Waals surface area contributed by atoms with Crippen LogP contribution in [-0.4, -0.2) is 60.3 Å². The summed E-state index contributed by atoms with van der Waals surface area (Å²) in [6.45, 7) is 3.01.